The van der Waals surface area contributed by atoms with Gasteiger partial charge in [-0.2, -0.15) is 5.10 Å². The molecular formula is C22H26BrClN2O2. The molecule has 0 aliphatic heterocycles. The smallest absolute Gasteiger partial charge is 0.271 e. The maximum Gasteiger partial charge on any atom is 0.271 e. The number of carbonyl (C=O) groups is 1. The van der Waals surface area contributed by atoms with Crippen LogP contribution in [-0.2, 0) is 0 Å². The Balaban J connectivity index is 1.87. The number of nitrogens with one attached hydrogen (secondary N) is 1. The molecule has 0 unspecified atom stereocenters. The van der Waals surface area contributed by atoms with Gasteiger partial charge in [0.15, 0.2) is 0 Å². The number of amides is 1. The van der Waals surface area contributed by atoms with Gasteiger partial charge in [0.25, 0.3) is 5.91 Å². The highest BCUT2D eigenvalue weighted by Gasteiger charge is 2.05. The molecule has 0 aliphatic carbocycles. The van der Waals surface area contributed by atoms with Gasteiger partial charge in [0.1, 0.15) is 5.75 Å². The Bertz CT molecular complexity index is 779. The molecule has 0 bridgehead atoms. The lowest BCUT2D eigenvalue weighted by Gasteiger charge is -2.09. The van der Waals surface area contributed by atoms with Crippen LogP contribution in [0.3, 0.4) is 0 Å². The van der Waals surface area contributed by atoms with Crippen LogP contribution in [0.1, 0.15) is 61.4 Å². The molecule has 4 nitrogen and oxygen atoms in total. The molecule has 0 aliphatic rings. The molecule has 0 heterocycles. The van der Waals surface area contributed by atoms with Crippen LogP contribution in [0, 0.1) is 0 Å². The first kappa shape index (κ1) is 22.4. The second kappa shape index (κ2) is 12.6. The summed E-state index contributed by atoms with van der Waals surface area (Å²) in [5.74, 6) is 0.430. The fraction of sp³-hybridized carbons (Fsp3) is 0.364. The van der Waals surface area contributed by atoms with Crippen molar-refractivity contribution in [1.82, 2.24) is 5.43 Å². The molecule has 0 saturated carbocycles. The highest BCUT2D eigenvalue weighted by Crippen LogP contribution is 2.22. The fourth-order valence-electron chi connectivity index (χ4n) is 2.64. The molecule has 0 saturated heterocycles. The molecule has 6 heteroatoms. The molecule has 150 valence electrons. The third kappa shape index (κ3) is 8.03. The van der Waals surface area contributed by atoms with Crippen LogP contribution in [0.4, 0.5) is 0 Å². The standard InChI is InChI=1S/C22H26BrClN2O2/c1-2-3-4-5-6-7-14-28-21-13-12-20(24)15-18(21)16-25-26-22(27)17-8-10-19(23)11-9-17/h8-13,15-16H,2-7,14H2,1H3,(H,26,27). The Hall–Kier alpha value is -1.85. The van der Waals surface area contributed by atoms with Crippen molar-refractivity contribution < 1.29 is 9.53 Å². The van der Waals surface area contributed by atoms with E-state index in [1.54, 1.807) is 30.5 Å². The predicted molar refractivity (Wildman–Crippen MR) is 120 cm³/mol. The minimum atomic E-state index is -0.277. The topological polar surface area (TPSA) is 50.7 Å². The van der Waals surface area contributed by atoms with Gasteiger partial charge in [0.05, 0.1) is 12.8 Å². The Morgan fingerprint density at radius 3 is 2.57 bits per heavy atom. The van der Waals surface area contributed by atoms with Crippen molar-refractivity contribution in [1.29, 1.82) is 0 Å². The number of nitrogens with zero attached hydrogens (tertiary/aromatic N) is 1. The molecule has 0 fully saturated rings. The van der Waals surface area contributed by atoms with Crippen molar-refractivity contribution in [2.75, 3.05) is 6.61 Å². The third-order valence-electron chi connectivity index (χ3n) is 4.20. The second-order valence-corrected chi connectivity index (χ2v) is 7.86. The van der Waals surface area contributed by atoms with E-state index in [1.807, 2.05) is 18.2 Å². The van der Waals surface area contributed by atoms with Crippen LogP contribution >= 0.6 is 27.5 Å². The van der Waals surface area contributed by atoms with Crippen LogP contribution < -0.4 is 10.2 Å². The molecule has 1 amide bonds. The van der Waals surface area contributed by atoms with E-state index in [0.717, 1.165) is 16.5 Å². The summed E-state index contributed by atoms with van der Waals surface area (Å²) in [5.41, 5.74) is 3.79. The average molecular weight is 466 g/mol. The maximum atomic E-state index is 12.1. The van der Waals surface area contributed by atoms with Crippen molar-refractivity contribution in [2.24, 2.45) is 5.10 Å². The zero-order chi connectivity index (χ0) is 20.2. The van der Waals surface area contributed by atoms with Crippen molar-refractivity contribution in [3.05, 3.63) is 63.1 Å². The van der Waals surface area contributed by atoms with Crippen LogP contribution in [0.25, 0.3) is 0 Å². The minimum absolute atomic E-state index is 0.277. The van der Waals surface area contributed by atoms with Gasteiger partial charge < -0.3 is 4.74 Å². The van der Waals surface area contributed by atoms with E-state index in [9.17, 15) is 4.79 Å². The highest BCUT2D eigenvalue weighted by atomic mass is 79.9. The maximum absolute atomic E-state index is 12.1. The lowest BCUT2D eigenvalue weighted by molar-refractivity contribution is 0.0955. The van der Waals surface area contributed by atoms with Gasteiger partial charge in [-0.1, -0.05) is 66.6 Å². The lowest BCUT2D eigenvalue weighted by atomic mass is 10.1. The minimum Gasteiger partial charge on any atom is -0.493 e. The number of carbonyl (C=O) groups excluding carboxylic acids is 1. The zero-order valence-corrected chi connectivity index (χ0v) is 18.4. The molecule has 0 radical (unpaired) electrons. The molecule has 2 rings (SSSR count). The molecular weight excluding hydrogens is 440 g/mol. The Morgan fingerprint density at radius 1 is 1.11 bits per heavy atom. The summed E-state index contributed by atoms with van der Waals surface area (Å²) >= 11 is 9.44. The molecule has 0 atom stereocenters. The van der Waals surface area contributed by atoms with Crippen molar-refractivity contribution in [3.63, 3.8) is 0 Å². The molecule has 1 N–H and O–H groups in total. The summed E-state index contributed by atoms with van der Waals surface area (Å²) in [6.45, 7) is 2.87. The molecule has 0 spiro atoms. The highest BCUT2D eigenvalue weighted by molar-refractivity contribution is 9.10. The number of hydrazone groups is 1. The Morgan fingerprint density at radius 2 is 1.82 bits per heavy atom. The van der Waals surface area contributed by atoms with Crippen molar-refractivity contribution >= 4 is 39.7 Å². The molecule has 0 aromatic heterocycles. The monoisotopic (exact) mass is 464 g/mol. The normalized spacial score (nSPS) is 11.0. The summed E-state index contributed by atoms with van der Waals surface area (Å²) in [6.07, 6.45) is 8.82. The summed E-state index contributed by atoms with van der Waals surface area (Å²) in [5, 5.41) is 4.64. The zero-order valence-electron chi connectivity index (χ0n) is 16.1. The number of unbranched alkanes of at least 4 members (excludes halogenated alkanes) is 5. The molecule has 2 aromatic rings. The molecule has 28 heavy (non-hydrogen) atoms. The first-order chi connectivity index (χ1) is 13.6. The van der Waals surface area contributed by atoms with E-state index in [4.69, 9.17) is 16.3 Å². The average Bonchev–Trinajstić information content (AvgIpc) is 2.69. The van der Waals surface area contributed by atoms with Gasteiger partial charge >= 0.3 is 0 Å². The van der Waals surface area contributed by atoms with E-state index in [-0.39, 0.29) is 5.91 Å². The quantitative estimate of drug-likeness (QED) is 0.231. The van der Waals surface area contributed by atoms with E-state index < -0.39 is 0 Å². The number of rotatable bonds is 11. The van der Waals surface area contributed by atoms with Gasteiger partial charge in [-0.15, -0.1) is 0 Å². The summed E-state index contributed by atoms with van der Waals surface area (Å²) < 4.78 is 6.80. The van der Waals surface area contributed by atoms with Gasteiger partial charge in [-0.05, 0) is 48.9 Å². The number of benzene rings is 2. The summed E-state index contributed by atoms with van der Waals surface area (Å²) in [4.78, 5) is 12.1. The Labute approximate surface area is 180 Å². The largest absolute Gasteiger partial charge is 0.493 e. The van der Waals surface area contributed by atoms with Gasteiger partial charge in [0.2, 0.25) is 0 Å². The second-order valence-electron chi connectivity index (χ2n) is 6.50. The van der Waals surface area contributed by atoms with Crippen molar-refractivity contribution in [3.8, 4) is 5.75 Å². The van der Waals surface area contributed by atoms with Crippen LogP contribution in [0.2, 0.25) is 5.02 Å². The SMILES string of the molecule is CCCCCCCCOc1ccc(Cl)cc1C=NNC(=O)c1ccc(Br)cc1. The van der Waals surface area contributed by atoms with Gasteiger partial charge in [-0.3, -0.25) is 4.79 Å². The number of ether oxygens (including phenoxy) is 1. The van der Waals surface area contributed by atoms with E-state index >= 15 is 0 Å². The third-order valence-corrected chi connectivity index (χ3v) is 4.97. The number of halogens is 2. The predicted octanol–water partition coefficient (Wildman–Crippen LogP) is 6.61. The van der Waals surface area contributed by atoms with Crippen LogP contribution in [0.15, 0.2) is 52.0 Å². The summed E-state index contributed by atoms with van der Waals surface area (Å²) in [7, 11) is 0. The van der Waals surface area contributed by atoms with E-state index in [0.29, 0.717) is 22.9 Å². The number of hydrogen-bond donors (Lipinski definition) is 1. The van der Waals surface area contributed by atoms with Gasteiger partial charge in [0, 0.05) is 20.6 Å². The van der Waals surface area contributed by atoms with E-state index in [2.05, 4.69) is 33.4 Å². The lowest BCUT2D eigenvalue weighted by Crippen LogP contribution is -2.17. The first-order valence-electron chi connectivity index (χ1n) is 9.61. The first-order valence-corrected chi connectivity index (χ1v) is 10.8. The van der Waals surface area contributed by atoms with E-state index in [1.165, 1.54) is 32.1 Å². The fourth-order valence-corrected chi connectivity index (χ4v) is 3.09. The molecule has 2 aromatic carbocycles. The summed E-state index contributed by atoms with van der Waals surface area (Å²) in [6, 6.07) is 12.5. The Kier molecular flexibility index (Phi) is 10.1. The number of hydrogen-bond acceptors (Lipinski definition) is 3. The van der Waals surface area contributed by atoms with Crippen LogP contribution in [0.5, 0.6) is 5.75 Å². The van der Waals surface area contributed by atoms with Crippen molar-refractivity contribution in [2.45, 2.75) is 45.4 Å². The van der Waals surface area contributed by atoms with Crippen LogP contribution in [-0.4, -0.2) is 18.7 Å². The van der Waals surface area contributed by atoms with Gasteiger partial charge in [-0.25, -0.2) is 5.43 Å².